The van der Waals surface area contributed by atoms with Gasteiger partial charge in [-0.25, -0.2) is 0 Å². The molecule has 6 heteroatoms. The van der Waals surface area contributed by atoms with Crippen molar-refractivity contribution in [2.24, 2.45) is 0 Å². The van der Waals surface area contributed by atoms with E-state index in [0.29, 0.717) is 19.3 Å². The first kappa shape index (κ1) is 71.5. The van der Waals surface area contributed by atoms with Gasteiger partial charge < -0.3 is 14.2 Å². The third-order valence-electron chi connectivity index (χ3n) is 12.9. The van der Waals surface area contributed by atoms with Gasteiger partial charge in [-0.2, -0.15) is 0 Å². The van der Waals surface area contributed by atoms with Gasteiger partial charge in [0.2, 0.25) is 0 Å². The van der Waals surface area contributed by atoms with Crippen molar-refractivity contribution in [3.8, 4) is 0 Å². The first-order chi connectivity index (χ1) is 37.5. The lowest BCUT2D eigenvalue weighted by Gasteiger charge is -2.18. The second kappa shape index (κ2) is 63.1. The average molecular weight is 1050 g/mol. The molecule has 0 aromatic heterocycles. The lowest BCUT2D eigenvalue weighted by atomic mass is 10.0. The lowest BCUT2D eigenvalue weighted by molar-refractivity contribution is -0.167. The van der Waals surface area contributed by atoms with Gasteiger partial charge in [0, 0.05) is 19.3 Å². The molecule has 1 unspecified atom stereocenters. The molecule has 0 aromatic carbocycles. The Morgan fingerprint density at radius 1 is 0.276 bits per heavy atom. The molecule has 430 valence electrons. The van der Waals surface area contributed by atoms with E-state index in [1.807, 2.05) is 0 Å². The van der Waals surface area contributed by atoms with Crippen LogP contribution in [0.3, 0.4) is 0 Å². The number of unbranched alkanes of at least 4 members (excludes halogenated alkanes) is 22. The van der Waals surface area contributed by atoms with E-state index in [1.165, 1.54) is 96.3 Å². The number of hydrogen-bond donors (Lipinski definition) is 0. The summed E-state index contributed by atoms with van der Waals surface area (Å²) in [5.74, 6) is -0.955. The number of carbonyl (C=O) groups is 3. The molecule has 0 N–H and O–H groups in total. The Hall–Kier alpha value is -4.45. The highest BCUT2D eigenvalue weighted by Gasteiger charge is 2.19. The van der Waals surface area contributed by atoms with E-state index in [1.54, 1.807) is 0 Å². The number of carbonyl (C=O) groups excluding carboxylic acids is 3. The maximum Gasteiger partial charge on any atom is 0.306 e. The lowest BCUT2D eigenvalue weighted by Crippen LogP contribution is -2.30. The minimum absolute atomic E-state index is 0.101. The molecular weight excluding hydrogens is 937 g/mol. The fourth-order valence-corrected chi connectivity index (χ4v) is 8.25. The monoisotopic (exact) mass is 1050 g/mol. The molecule has 0 radical (unpaired) electrons. The molecular formula is C70H114O6. The molecule has 0 bridgehead atoms. The zero-order valence-electron chi connectivity index (χ0n) is 49.2. The van der Waals surface area contributed by atoms with Crippen molar-refractivity contribution in [2.45, 2.75) is 277 Å². The molecule has 0 rings (SSSR count). The second-order valence-corrected chi connectivity index (χ2v) is 20.2. The fourth-order valence-electron chi connectivity index (χ4n) is 8.25. The topological polar surface area (TPSA) is 78.9 Å². The van der Waals surface area contributed by atoms with Gasteiger partial charge in [0.15, 0.2) is 6.10 Å². The molecule has 0 fully saturated rings. The summed E-state index contributed by atoms with van der Waals surface area (Å²) in [5.41, 5.74) is 0. The Balaban J connectivity index is 4.26. The predicted molar refractivity (Wildman–Crippen MR) is 329 cm³/mol. The third-order valence-corrected chi connectivity index (χ3v) is 12.9. The highest BCUT2D eigenvalue weighted by molar-refractivity contribution is 5.71. The average Bonchev–Trinajstić information content (AvgIpc) is 3.42. The Kier molecular flexibility index (Phi) is 59.4. The molecule has 0 aliphatic heterocycles. The Bertz CT molecular complexity index is 1630. The molecule has 0 aliphatic carbocycles. The van der Waals surface area contributed by atoms with E-state index < -0.39 is 6.10 Å². The van der Waals surface area contributed by atoms with E-state index >= 15 is 0 Å². The van der Waals surface area contributed by atoms with E-state index in [9.17, 15) is 14.4 Å². The summed E-state index contributed by atoms with van der Waals surface area (Å²) in [5, 5.41) is 0. The molecule has 0 spiro atoms. The molecule has 0 aliphatic rings. The van der Waals surface area contributed by atoms with Crippen molar-refractivity contribution in [3.05, 3.63) is 134 Å². The van der Waals surface area contributed by atoms with Gasteiger partial charge in [-0.15, -0.1) is 0 Å². The summed E-state index contributed by atoms with van der Waals surface area (Å²) < 4.78 is 16.8. The van der Waals surface area contributed by atoms with Gasteiger partial charge in [0.25, 0.3) is 0 Å². The Morgan fingerprint density at radius 3 is 0.842 bits per heavy atom. The summed E-state index contributed by atoms with van der Waals surface area (Å²) in [6.45, 7) is 6.34. The summed E-state index contributed by atoms with van der Waals surface area (Å²) in [7, 11) is 0. The smallest absolute Gasteiger partial charge is 0.306 e. The minimum Gasteiger partial charge on any atom is -0.462 e. The molecule has 0 amide bonds. The molecule has 0 saturated heterocycles. The van der Waals surface area contributed by atoms with Crippen LogP contribution in [0, 0.1) is 0 Å². The van der Waals surface area contributed by atoms with Gasteiger partial charge >= 0.3 is 17.9 Å². The Morgan fingerprint density at radius 2 is 0.513 bits per heavy atom. The fraction of sp³-hybridized carbons (Fsp3) is 0.643. The van der Waals surface area contributed by atoms with Gasteiger partial charge in [0.1, 0.15) is 13.2 Å². The highest BCUT2D eigenvalue weighted by atomic mass is 16.6. The third kappa shape index (κ3) is 60.4. The van der Waals surface area contributed by atoms with Crippen LogP contribution >= 0.6 is 0 Å². The maximum absolute atomic E-state index is 12.8. The van der Waals surface area contributed by atoms with Crippen LogP contribution in [0.4, 0.5) is 0 Å². The maximum atomic E-state index is 12.8. The molecule has 76 heavy (non-hydrogen) atoms. The zero-order chi connectivity index (χ0) is 55.0. The van der Waals surface area contributed by atoms with E-state index in [0.717, 1.165) is 128 Å². The van der Waals surface area contributed by atoms with E-state index in [-0.39, 0.29) is 37.5 Å². The molecule has 6 nitrogen and oxygen atoms in total. The number of ether oxygens (including phenoxy) is 3. The van der Waals surface area contributed by atoms with Crippen molar-refractivity contribution in [3.63, 3.8) is 0 Å². The first-order valence-corrected chi connectivity index (χ1v) is 31.2. The van der Waals surface area contributed by atoms with Crippen LogP contribution < -0.4 is 0 Å². The van der Waals surface area contributed by atoms with Crippen LogP contribution in [0.2, 0.25) is 0 Å². The van der Waals surface area contributed by atoms with Crippen LogP contribution in [0.25, 0.3) is 0 Å². The van der Waals surface area contributed by atoms with Crippen LogP contribution in [-0.2, 0) is 28.6 Å². The molecule has 0 heterocycles. The molecule has 1 atom stereocenters. The van der Waals surface area contributed by atoms with Crippen LogP contribution in [0.1, 0.15) is 271 Å². The Labute approximate surface area is 468 Å². The number of rotatable bonds is 55. The minimum atomic E-state index is -0.807. The van der Waals surface area contributed by atoms with Crippen molar-refractivity contribution < 1.29 is 28.6 Å². The largest absolute Gasteiger partial charge is 0.462 e. The second-order valence-electron chi connectivity index (χ2n) is 20.2. The number of hydrogen-bond acceptors (Lipinski definition) is 6. The van der Waals surface area contributed by atoms with Crippen molar-refractivity contribution in [2.75, 3.05) is 13.2 Å². The quantitative estimate of drug-likeness (QED) is 0.0261. The van der Waals surface area contributed by atoms with Gasteiger partial charge in [0.05, 0.1) is 0 Å². The van der Waals surface area contributed by atoms with E-state index in [2.05, 4.69) is 154 Å². The summed E-state index contributed by atoms with van der Waals surface area (Å²) in [4.78, 5) is 38.2. The molecule has 0 aromatic rings. The van der Waals surface area contributed by atoms with Crippen molar-refractivity contribution >= 4 is 17.9 Å². The predicted octanol–water partition coefficient (Wildman–Crippen LogP) is 21.4. The van der Waals surface area contributed by atoms with Gasteiger partial charge in [-0.1, -0.05) is 251 Å². The SMILES string of the molecule is CC/C=C\C/C=C\C/C=C\C/C=C\C/C=C\C/C=C\CCCCCCCCCCCCCCC(=O)OCC(COC(=O)CCCCCCC/C=C\CCCCC)OC(=O)CCCC/C=C\C/C=C\C/C=C\C/C=C\CC. The number of esters is 3. The van der Waals surface area contributed by atoms with E-state index in [4.69, 9.17) is 14.2 Å². The van der Waals surface area contributed by atoms with Crippen LogP contribution in [-0.4, -0.2) is 37.2 Å². The zero-order valence-corrected chi connectivity index (χ0v) is 49.2. The highest BCUT2D eigenvalue weighted by Crippen LogP contribution is 2.15. The summed E-state index contributed by atoms with van der Waals surface area (Å²) >= 11 is 0. The van der Waals surface area contributed by atoms with Gasteiger partial charge in [-0.3, -0.25) is 14.4 Å². The summed E-state index contributed by atoms with van der Waals surface area (Å²) in [6, 6.07) is 0. The standard InChI is InChI=1S/C70H114O6/c1-4-7-10-13-16-19-22-25-27-28-29-30-31-32-33-34-35-36-37-38-39-40-41-42-44-45-48-51-54-57-60-63-69(72)75-66-67(65-74-68(71)62-59-56-53-50-47-24-21-18-15-12-9-6-3)76-70(73)64-61-58-55-52-49-46-43-26-23-20-17-14-11-8-5-2/h7-8,10-11,16-21,25-27,29-30,32-33,35-36,43,49,52,67H,4-6,9,12-15,22-24,28,31,34,37-42,44-48,50-51,53-66H2,1-3H3/b10-7-,11-8-,19-16-,20-17-,21-18-,27-25-,30-29-,33-32-,36-35-,43-26-,52-49-. The number of allylic oxidation sites excluding steroid dienone is 22. The van der Waals surface area contributed by atoms with Crippen molar-refractivity contribution in [1.29, 1.82) is 0 Å². The van der Waals surface area contributed by atoms with Crippen LogP contribution in [0.15, 0.2) is 134 Å². The van der Waals surface area contributed by atoms with Gasteiger partial charge in [-0.05, 0) is 135 Å². The normalized spacial score (nSPS) is 13.0. The summed E-state index contributed by atoms with van der Waals surface area (Å²) in [6.07, 6.45) is 88.9. The van der Waals surface area contributed by atoms with Crippen molar-refractivity contribution in [1.82, 2.24) is 0 Å². The van der Waals surface area contributed by atoms with Crippen LogP contribution in [0.5, 0.6) is 0 Å². The first-order valence-electron chi connectivity index (χ1n) is 31.2. The molecule has 0 saturated carbocycles.